The minimum absolute atomic E-state index is 0.311. The number of ether oxygens (including phenoxy) is 1. The second kappa shape index (κ2) is 7.88. The van der Waals surface area contributed by atoms with Gasteiger partial charge >= 0.3 is 0 Å². The molecule has 0 saturated carbocycles. The molecule has 1 aromatic heterocycles. The second-order valence-electron chi connectivity index (χ2n) is 4.86. The molecule has 1 N–H and O–H groups in total. The zero-order chi connectivity index (χ0) is 13.5. The predicted octanol–water partition coefficient (Wildman–Crippen LogP) is 2.30. The van der Waals surface area contributed by atoms with E-state index in [1.807, 2.05) is 18.0 Å². The largest absolute Gasteiger partial charge is 0.375 e. The van der Waals surface area contributed by atoms with Crippen molar-refractivity contribution in [2.45, 2.75) is 38.8 Å². The molecule has 1 saturated heterocycles. The molecule has 4 heteroatoms. The highest BCUT2D eigenvalue weighted by Crippen LogP contribution is 2.17. The SMILES string of the molecule is CCNC(Cc1ccc(CC)cn1)C1CSCCO1. The highest BCUT2D eigenvalue weighted by molar-refractivity contribution is 7.99. The lowest BCUT2D eigenvalue weighted by Crippen LogP contribution is -2.46. The van der Waals surface area contributed by atoms with Gasteiger partial charge in [0, 0.05) is 35.9 Å². The van der Waals surface area contributed by atoms with Crippen LogP contribution >= 0.6 is 11.8 Å². The van der Waals surface area contributed by atoms with E-state index in [0.717, 1.165) is 43.2 Å². The molecule has 0 spiro atoms. The van der Waals surface area contributed by atoms with Gasteiger partial charge in [0.1, 0.15) is 0 Å². The van der Waals surface area contributed by atoms with Crippen LogP contribution in [-0.4, -0.2) is 41.8 Å². The van der Waals surface area contributed by atoms with E-state index in [-0.39, 0.29) is 0 Å². The normalized spacial score (nSPS) is 21.3. The van der Waals surface area contributed by atoms with E-state index < -0.39 is 0 Å². The predicted molar refractivity (Wildman–Crippen MR) is 81.8 cm³/mol. The number of nitrogens with one attached hydrogen (secondary N) is 1. The topological polar surface area (TPSA) is 34.2 Å². The summed E-state index contributed by atoms with van der Waals surface area (Å²) in [6.07, 6.45) is 4.30. The molecule has 2 rings (SSSR count). The third-order valence-electron chi connectivity index (χ3n) is 3.48. The number of likely N-dealkylation sites (N-methyl/N-ethyl adjacent to an activating group) is 1. The van der Waals surface area contributed by atoms with Gasteiger partial charge < -0.3 is 10.1 Å². The van der Waals surface area contributed by atoms with Crippen LogP contribution in [0.2, 0.25) is 0 Å². The summed E-state index contributed by atoms with van der Waals surface area (Å²) in [5.74, 6) is 2.21. The molecule has 0 radical (unpaired) electrons. The fourth-order valence-electron chi connectivity index (χ4n) is 2.35. The average molecular weight is 280 g/mol. The molecule has 106 valence electrons. The summed E-state index contributed by atoms with van der Waals surface area (Å²) in [5, 5.41) is 3.55. The van der Waals surface area contributed by atoms with E-state index in [0.29, 0.717) is 12.1 Å². The Bertz CT molecular complexity index is 363. The Hall–Kier alpha value is -0.580. The number of hydrogen-bond acceptors (Lipinski definition) is 4. The minimum Gasteiger partial charge on any atom is -0.375 e. The Morgan fingerprint density at radius 2 is 2.37 bits per heavy atom. The maximum absolute atomic E-state index is 5.90. The molecular formula is C15H24N2OS. The van der Waals surface area contributed by atoms with E-state index in [1.165, 1.54) is 5.56 Å². The van der Waals surface area contributed by atoms with Crippen LogP contribution in [-0.2, 0) is 17.6 Å². The van der Waals surface area contributed by atoms with E-state index in [2.05, 4.69) is 36.3 Å². The van der Waals surface area contributed by atoms with Crippen LogP contribution in [0.3, 0.4) is 0 Å². The Balaban J connectivity index is 1.97. The second-order valence-corrected chi connectivity index (χ2v) is 6.01. The van der Waals surface area contributed by atoms with E-state index in [9.17, 15) is 0 Å². The first-order chi connectivity index (χ1) is 9.33. The number of rotatable bonds is 6. The summed E-state index contributed by atoms with van der Waals surface area (Å²) in [4.78, 5) is 4.56. The van der Waals surface area contributed by atoms with Crippen LogP contribution in [0.1, 0.15) is 25.1 Å². The van der Waals surface area contributed by atoms with Crippen molar-refractivity contribution < 1.29 is 4.74 Å². The summed E-state index contributed by atoms with van der Waals surface area (Å²) < 4.78 is 5.90. The van der Waals surface area contributed by atoms with Crippen LogP contribution < -0.4 is 5.32 Å². The summed E-state index contributed by atoms with van der Waals surface area (Å²) in [6.45, 7) is 6.16. The van der Waals surface area contributed by atoms with Crippen LogP contribution in [0, 0.1) is 0 Å². The zero-order valence-corrected chi connectivity index (χ0v) is 12.7. The van der Waals surface area contributed by atoms with Gasteiger partial charge in [-0.1, -0.05) is 19.9 Å². The van der Waals surface area contributed by atoms with Crippen molar-refractivity contribution in [1.29, 1.82) is 0 Å². The van der Waals surface area contributed by atoms with Crippen LogP contribution in [0.25, 0.3) is 0 Å². The first-order valence-electron chi connectivity index (χ1n) is 7.20. The molecule has 0 bridgehead atoms. The van der Waals surface area contributed by atoms with Crippen molar-refractivity contribution in [3.05, 3.63) is 29.6 Å². The summed E-state index contributed by atoms with van der Waals surface area (Å²) in [7, 11) is 0. The molecule has 2 heterocycles. The van der Waals surface area contributed by atoms with E-state index in [1.54, 1.807) is 0 Å². The monoisotopic (exact) mass is 280 g/mol. The van der Waals surface area contributed by atoms with Gasteiger partial charge in [0.25, 0.3) is 0 Å². The van der Waals surface area contributed by atoms with Crippen LogP contribution in [0.5, 0.6) is 0 Å². The molecular weight excluding hydrogens is 256 g/mol. The molecule has 1 aromatic rings. The lowest BCUT2D eigenvalue weighted by atomic mass is 10.0. The van der Waals surface area contributed by atoms with Crippen molar-refractivity contribution in [2.75, 3.05) is 24.7 Å². The Morgan fingerprint density at radius 1 is 1.47 bits per heavy atom. The molecule has 19 heavy (non-hydrogen) atoms. The number of aryl methyl sites for hydroxylation is 1. The van der Waals surface area contributed by atoms with Crippen molar-refractivity contribution in [2.24, 2.45) is 0 Å². The highest BCUT2D eigenvalue weighted by atomic mass is 32.2. The van der Waals surface area contributed by atoms with Gasteiger partial charge in [-0.15, -0.1) is 0 Å². The number of aromatic nitrogens is 1. The average Bonchev–Trinajstić information content (AvgIpc) is 2.48. The molecule has 2 unspecified atom stereocenters. The van der Waals surface area contributed by atoms with Gasteiger partial charge in [0.2, 0.25) is 0 Å². The first kappa shape index (κ1) is 14.8. The van der Waals surface area contributed by atoms with Crippen molar-refractivity contribution >= 4 is 11.8 Å². The van der Waals surface area contributed by atoms with Crippen LogP contribution in [0.15, 0.2) is 18.3 Å². The Morgan fingerprint density at radius 3 is 2.95 bits per heavy atom. The molecule has 3 nitrogen and oxygen atoms in total. The van der Waals surface area contributed by atoms with Crippen molar-refractivity contribution in [3.63, 3.8) is 0 Å². The smallest absolute Gasteiger partial charge is 0.0822 e. The summed E-state index contributed by atoms with van der Waals surface area (Å²) >= 11 is 1.99. The van der Waals surface area contributed by atoms with Gasteiger partial charge in [-0.2, -0.15) is 11.8 Å². The Labute approximate surface area is 120 Å². The summed E-state index contributed by atoms with van der Waals surface area (Å²) in [5.41, 5.74) is 2.45. The van der Waals surface area contributed by atoms with Gasteiger partial charge in [0.15, 0.2) is 0 Å². The molecule has 0 aliphatic carbocycles. The van der Waals surface area contributed by atoms with Gasteiger partial charge in [-0.3, -0.25) is 4.98 Å². The molecule has 1 aliphatic heterocycles. The maximum atomic E-state index is 5.90. The third kappa shape index (κ3) is 4.48. The number of pyridine rings is 1. The minimum atomic E-state index is 0.311. The van der Waals surface area contributed by atoms with E-state index >= 15 is 0 Å². The molecule has 0 aromatic carbocycles. The lowest BCUT2D eigenvalue weighted by molar-refractivity contribution is 0.0473. The third-order valence-corrected chi connectivity index (χ3v) is 4.50. The molecule has 1 aliphatic rings. The molecule has 2 atom stereocenters. The maximum Gasteiger partial charge on any atom is 0.0822 e. The Kier molecular flexibility index (Phi) is 6.14. The molecule has 1 fully saturated rings. The highest BCUT2D eigenvalue weighted by Gasteiger charge is 2.24. The first-order valence-corrected chi connectivity index (χ1v) is 8.35. The van der Waals surface area contributed by atoms with Crippen molar-refractivity contribution in [1.82, 2.24) is 10.3 Å². The number of nitrogens with zero attached hydrogens (tertiary/aromatic N) is 1. The van der Waals surface area contributed by atoms with Crippen molar-refractivity contribution in [3.8, 4) is 0 Å². The van der Waals surface area contributed by atoms with Gasteiger partial charge in [-0.25, -0.2) is 0 Å². The number of thioether (sulfide) groups is 1. The van der Waals surface area contributed by atoms with E-state index in [4.69, 9.17) is 4.74 Å². The standard InChI is InChI=1S/C15H24N2OS/c1-3-12-5-6-13(17-10-12)9-14(16-4-2)15-11-19-8-7-18-15/h5-6,10,14-16H,3-4,7-9,11H2,1-2H3. The molecule has 0 amide bonds. The zero-order valence-electron chi connectivity index (χ0n) is 11.9. The number of hydrogen-bond donors (Lipinski definition) is 1. The van der Waals surface area contributed by atoms with Gasteiger partial charge in [0.05, 0.1) is 12.7 Å². The van der Waals surface area contributed by atoms with Crippen LogP contribution in [0.4, 0.5) is 0 Å². The fraction of sp³-hybridized carbons (Fsp3) is 0.667. The fourth-order valence-corrected chi connectivity index (χ4v) is 3.29. The lowest BCUT2D eigenvalue weighted by Gasteiger charge is -2.30. The van der Waals surface area contributed by atoms with Gasteiger partial charge in [-0.05, 0) is 24.6 Å². The summed E-state index contributed by atoms with van der Waals surface area (Å²) in [6, 6.07) is 4.71. The quantitative estimate of drug-likeness (QED) is 0.867.